The van der Waals surface area contributed by atoms with E-state index in [1.807, 2.05) is 95.1 Å². The van der Waals surface area contributed by atoms with Gasteiger partial charge in [0.1, 0.15) is 5.82 Å². The van der Waals surface area contributed by atoms with Crippen molar-refractivity contribution in [2.75, 3.05) is 0 Å². The molecule has 0 spiro atoms. The predicted octanol–water partition coefficient (Wildman–Crippen LogP) is 9.79. The van der Waals surface area contributed by atoms with Gasteiger partial charge in [0, 0.05) is 49.6 Å². The van der Waals surface area contributed by atoms with E-state index in [1.165, 1.54) is 20.2 Å². The van der Waals surface area contributed by atoms with Crippen LogP contribution in [-0.2, 0) is 21.1 Å². The molecule has 0 bridgehead atoms. The van der Waals surface area contributed by atoms with Crippen LogP contribution in [0.5, 0.6) is 11.5 Å². The summed E-state index contributed by atoms with van der Waals surface area (Å²) in [5.74, 6) is 2.02. The third-order valence-electron chi connectivity index (χ3n) is 7.91. The van der Waals surface area contributed by atoms with Gasteiger partial charge in [-0.2, -0.15) is 17.2 Å². The van der Waals surface area contributed by atoms with E-state index in [0.717, 1.165) is 44.6 Å². The van der Waals surface area contributed by atoms with E-state index in [1.54, 1.807) is 0 Å². The fourth-order valence-corrected chi connectivity index (χ4v) is 7.07. The van der Waals surface area contributed by atoms with Gasteiger partial charge in [0.25, 0.3) is 0 Å². The van der Waals surface area contributed by atoms with Crippen molar-refractivity contribution in [3.05, 3.63) is 146 Å². The van der Waals surface area contributed by atoms with Crippen LogP contribution in [-0.4, -0.2) is 19.3 Å². The number of ether oxygens (including phenoxy) is 1. The second-order valence-electron chi connectivity index (χ2n) is 10.6. The number of nitrogens with zero attached hydrogens (tertiary/aromatic N) is 4. The average Bonchev–Trinajstić information content (AvgIpc) is 3.80. The first-order chi connectivity index (χ1) is 21.8. The summed E-state index contributed by atoms with van der Waals surface area (Å²) in [6.45, 7) is 0. The first-order valence-electron chi connectivity index (χ1n) is 14.3. The largest absolute Gasteiger partial charge is 2.00 e. The average molecular weight is 778 g/mol. The van der Waals surface area contributed by atoms with Gasteiger partial charge in [-0.3, -0.25) is 4.68 Å². The molecule has 0 saturated carbocycles. The van der Waals surface area contributed by atoms with E-state index in [9.17, 15) is 0 Å². The van der Waals surface area contributed by atoms with Crippen LogP contribution in [0.3, 0.4) is 0 Å². The number of pyridine rings is 1. The molecule has 0 amide bonds. The standard InChI is InChI=1S/C38H22N4OS.Pt/c1-2-9-25(10-3-1)32-20-22-41(40-32)26-11-8-12-27(23-26)43-28-16-17-29-30-18-19-35-37(31-13-4-5-14-34(31)44-35)38(30)42(33(29)24-28)36-15-6-7-21-39-36;/h1-22H;/q-2;+2. The molecule has 0 fully saturated rings. The molecule has 0 saturated heterocycles. The fourth-order valence-electron chi connectivity index (χ4n) is 5.96. The maximum Gasteiger partial charge on any atom is 2.00 e. The van der Waals surface area contributed by atoms with Gasteiger partial charge in [-0.15, -0.1) is 47.1 Å². The van der Waals surface area contributed by atoms with Crippen LogP contribution in [0.4, 0.5) is 0 Å². The van der Waals surface area contributed by atoms with E-state index in [2.05, 4.69) is 71.3 Å². The van der Waals surface area contributed by atoms with Gasteiger partial charge in [-0.05, 0) is 41.4 Å². The van der Waals surface area contributed by atoms with Crippen molar-refractivity contribution in [3.8, 4) is 34.3 Å². The Labute approximate surface area is 277 Å². The van der Waals surface area contributed by atoms with Crippen molar-refractivity contribution >= 4 is 53.3 Å². The molecule has 4 aromatic heterocycles. The molecule has 0 unspecified atom stereocenters. The first-order valence-corrected chi connectivity index (χ1v) is 15.2. The van der Waals surface area contributed by atoms with Gasteiger partial charge in [0.15, 0.2) is 0 Å². The summed E-state index contributed by atoms with van der Waals surface area (Å²) >= 11 is 1.82. The summed E-state index contributed by atoms with van der Waals surface area (Å²) in [6, 6.07) is 48.1. The van der Waals surface area contributed by atoms with Gasteiger partial charge < -0.3 is 9.30 Å². The minimum absolute atomic E-state index is 0. The number of benzene rings is 5. The summed E-state index contributed by atoms with van der Waals surface area (Å²) in [6.07, 6.45) is 3.77. The van der Waals surface area contributed by atoms with E-state index >= 15 is 0 Å². The van der Waals surface area contributed by atoms with Crippen molar-refractivity contribution in [2.24, 2.45) is 0 Å². The van der Waals surface area contributed by atoms with E-state index in [-0.39, 0.29) is 21.1 Å². The van der Waals surface area contributed by atoms with Crippen molar-refractivity contribution in [1.82, 2.24) is 19.3 Å². The molecule has 9 rings (SSSR count). The zero-order valence-electron chi connectivity index (χ0n) is 23.6. The van der Waals surface area contributed by atoms with Gasteiger partial charge >= 0.3 is 21.1 Å². The minimum Gasteiger partial charge on any atom is -0.509 e. The molecule has 7 heteroatoms. The summed E-state index contributed by atoms with van der Waals surface area (Å²) in [4.78, 5) is 4.77. The topological polar surface area (TPSA) is 44.9 Å². The van der Waals surface area contributed by atoms with Gasteiger partial charge in [0.05, 0.1) is 11.2 Å². The van der Waals surface area contributed by atoms with E-state index in [4.69, 9.17) is 14.8 Å². The molecule has 5 nitrogen and oxygen atoms in total. The molecule has 216 valence electrons. The van der Waals surface area contributed by atoms with Gasteiger partial charge in [-0.25, -0.2) is 4.98 Å². The van der Waals surface area contributed by atoms with Crippen LogP contribution in [0.15, 0.2) is 134 Å². The van der Waals surface area contributed by atoms with Crippen molar-refractivity contribution in [2.45, 2.75) is 0 Å². The van der Waals surface area contributed by atoms with Crippen LogP contribution < -0.4 is 4.74 Å². The minimum atomic E-state index is 0. The maximum absolute atomic E-state index is 6.39. The van der Waals surface area contributed by atoms with Crippen molar-refractivity contribution < 1.29 is 25.8 Å². The Balaban J connectivity index is 0.00000300. The van der Waals surface area contributed by atoms with Crippen LogP contribution in [0.1, 0.15) is 0 Å². The third kappa shape index (κ3) is 4.65. The number of hydrogen-bond donors (Lipinski definition) is 0. The zero-order chi connectivity index (χ0) is 29.0. The second-order valence-corrected chi connectivity index (χ2v) is 11.6. The number of hydrogen-bond acceptors (Lipinski definition) is 4. The summed E-state index contributed by atoms with van der Waals surface area (Å²) in [7, 11) is 0. The number of thiophene rings is 1. The molecular formula is C38H22N4OPtS. The second kappa shape index (κ2) is 11.2. The summed E-state index contributed by atoms with van der Waals surface area (Å²) in [5.41, 5.74) is 4.80. The molecule has 45 heavy (non-hydrogen) atoms. The Morgan fingerprint density at radius 3 is 2.36 bits per heavy atom. The Morgan fingerprint density at radius 2 is 1.47 bits per heavy atom. The molecule has 4 heterocycles. The van der Waals surface area contributed by atoms with Crippen molar-refractivity contribution in [3.63, 3.8) is 0 Å². The molecule has 0 atom stereocenters. The third-order valence-corrected chi connectivity index (χ3v) is 9.04. The molecular weight excluding hydrogens is 756 g/mol. The molecule has 0 radical (unpaired) electrons. The fraction of sp³-hybridized carbons (Fsp3) is 0. The van der Waals surface area contributed by atoms with Crippen LogP contribution >= 0.6 is 11.3 Å². The van der Waals surface area contributed by atoms with Crippen LogP contribution in [0.25, 0.3) is 64.7 Å². The van der Waals surface area contributed by atoms with E-state index < -0.39 is 0 Å². The Kier molecular flexibility index (Phi) is 6.82. The normalized spacial score (nSPS) is 11.4. The molecule has 0 aliphatic carbocycles. The number of fused-ring (bicyclic) bond motifs is 7. The van der Waals surface area contributed by atoms with Gasteiger partial charge in [-0.1, -0.05) is 66.2 Å². The Morgan fingerprint density at radius 1 is 0.644 bits per heavy atom. The Bertz CT molecular complexity index is 2480. The van der Waals surface area contributed by atoms with E-state index in [0.29, 0.717) is 11.5 Å². The quantitative estimate of drug-likeness (QED) is 0.164. The van der Waals surface area contributed by atoms with Crippen molar-refractivity contribution in [1.29, 1.82) is 0 Å². The smallest absolute Gasteiger partial charge is 0.509 e. The molecule has 0 N–H and O–H groups in total. The van der Waals surface area contributed by atoms with Gasteiger partial charge in [0.2, 0.25) is 0 Å². The van der Waals surface area contributed by atoms with Crippen LogP contribution in [0, 0.1) is 12.1 Å². The summed E-state index contributed by atoms with van der Waals surface area (Å²) < 4.78 is 12.9. The Hall–Kier alpha value is -5.03. The molecule has 0 aliphatic rings. The summed E-state index contributed by atoms with van der Waals surface area (Å²) in [5, 5.41) is 9.50. The molecule has 0 aliphatic heterocycles. The van der Waals surface area contributed by atoms with Crippen LogP contribution in [0.2, 0.25) is 0 Å². The maximum atomic E-state index is 6.39. The zero-order valence-corrected chi connectivity index (χ0v) is 26.7. The number of aromatic nitrogens is 4. The number of rotatable bonds is 5. The monoisotopic (exact) mass is 777 g/mol. The molecule has 9 aromatic rings. The SMILES string of the molecule is [Pt+2].[c-]1c(Oc2[c-]c3c(cc2)c2ccc4sc5ccccc5c4c2n3-c2ccccn2)cccc1-n1ccc(-c2ccccc2)n1. The molecule has 5 aromatic carbocycles. The first kappa shape index (κ1) is 27.5. The predicted molar refractivity (Wildman–Crippen MR) is 178 cm³/mol.